The van der Waals surface area contributed by atoms with Crippen molar-refractivity contribution in [2.24, 2.45) is 5.92 Å². The van der Waals surface area contributed by atoms with Crippen molar-refractivity contribution in [2.45, 2.75) is 46.2 Å². The van der Waals surface area contributed by atoms with E-state index in [1.807, 2.05) is 4.68 Å². The Morgan fingerprint density at radius 1 is 1.37 bits per heavy atom. The number of hydrogen-bond acceptors (Lipinski definition) is 4. The molecule has 110 valence electrons. The average molecular weight is 267 g/mol. The van der Waals surface area contributed by atoms with Gasteiger partial charge in [-0.2, -0.15) is 5.10 Å². The molecule has 1 unspecified atom stereocenters. The molecule has 5 nitrogen and oxygen atoms in total. The van der Waals surface area contributed by atoms with Gasteiger partial charge in [-0.3, -0.25) is 0 Å². The Morgan fingerprint density at radius 2 is 2.11 bits per heavy atom. The summed E-state index contributed by atoms with van der Waals surface area (Å²) in [5, 5.41) is 7.93. The van der Waals surface area contributed by atoms with Crippen LogP contribution in [0.1, 0.15) is 33.0 Å². The fourth-order valence-corrected chi connectivity index (χ4v) is 2.16. The summed E-state index contributed by atoms with van der Waals surface area (Å²) in [6, 6.07) is 0.435. The highest BCUT2D eigenvalue weighted by Gasteiger charge is 2.14. The van der Waals surface area contributed by atoms with E-state index in [1.165, 1.54) is 0 Å². The molecule has 0 amide bonds. The maximum atomic E-state index is 4.42. The number of hydrogen-bond donors (Lipinski definition) is 1. The summed E-state index contributed by atoms with van der Waals surface area (Å²) < 4.78 is 2.04. The molecular formula is C14H29N5. The zero-order valence-corrected chi connectivity index (χ0v) is 13.1. The van der Waals surface area contributed by atoms with Crippen molar-refractivity contribution in [3.63, 3.8) is 0 Å². The summed E-state index contributed by atoms with van der Waals surface area (Å²) in [4.78, 5) is 6.64. The minimum Gasteiger partial charge on any atom is -0.312 e. The van der Waals surface area contributed by atoms with E-state index in [0.29, 0.717) is 12.0 Å². The quantitative estimate of drug-likeness (QED) is 0.735. The third-order valence-corrected chi connectivity index (χ3v) is 2.93. The van der Waals surface area contributed by atoms with E-state index in [9.17, 15) is 0 Å². The Kier molecular flexibility index (Phi) is 7.02. The first-order valence-corrected chi connectivity index (χ1v) is 7.27. The van der Waals surface area contributed by atoms with E-state index >= 15 is 0 Å². The van der Waals surface area contributed by atoms with E-state index in [-0.39, 0.29) is 0 Å². The monoisotopic (exact) mass is 267 g/mol. The lowest BCUT2D eigenvalue weighted by atomic mass is 10.1. The van der Waals surface area contributed by atoms with Gasteiger partial charge in [0.25, 0.3) is 0 Å². The molecule has 19 heavy (non-hydrogen) atoms. The minimum absolute atomic E-state index is 0.435. The van der Waals surface area contributed by atoms with Crippen LogP contribution in [0.25, 0.3) is 0 Å². The van der Waals surface area contributed by atoms with Crippen molar-refractivity contribution < 1.29 is 0 Å². The van der Waals surface area contributed by atoms with Crippen molar-refractivity contribution in [3.8, 4) is 0 Å². The van der Waals surface area contributed by atoms with Gasteiger partial charge >= 0.3 is 0 Å². The zero-order valence-electron chi connectivity index (χ0n) is 13.1. The second-order valence-electron chi connectivity index (χ2n) is 5.87. The number of nitrogens with one attached hydrogen (secondary N) is 1. The molecule has 1 aromatic rings. The van der Waals surface area contributed by atoms with Crippen molar-refractivity contribution in [1.82, 2.24) is 25.0 Å². The SMILES string of the molecule is CCCNC(Cc1ncnn1CC(C)C)CN(C)C. The molecule has 0 bridgehead atoms. The van der Waals surface area contributed by atoms with Gasteiger partial charge in [0.2, 0.25) is 0 Å². The largest absolute Gasteiger partial charge is 0.312 e. The van der Waals surface area contributed by atoms with E-state index in [4.69, 9.17) is 0 Å². The van der Waals surface area contributed by atoms with Crippen LogP contribution in [0.5, 0.6) is 0 Å². The van der Waals surface area contributed by atoms with Gasteiger partial charge in [-0.05, 0) is 33.0 Å². The summed E-state index contributed by atoms with van der Waals surface area (Å²) in [6.07, 6.45) is 3.76. The first-order valence-electron chi connectivity index (χ1n) is 7.27. The topological polar surface area (TPSA) is 46.0 Å². The highest BCUT2D eigenvalue weighted by atomic mass is 15.3. The Balaban J connectivity index is 2.63. The Morgan fingerprint density at radius 3 is 2.68 bits per heavy atom. The summed E-state index contributed by atoms with van der Waals surface area (Å²) in [6.45, 7) is 9.63. The van der Waals surface area contributed by atoms with Gasteiger partial charge in [-0.15, -0.1) is 0 Å². The van der Waals surface area contributed by atoms with Crippen LogP contribution in [0.4, 0.5) is 0 Å². The van der Waals surface area contributed by atoms with Crippen molar-refractivity contribution in [1.29, 1.82) is 0 Å². The van der Waals surface area contributed by atoms with Crippen molar-refractivity contribution >= 4 is 0 Å². The molecule has 1 aromatic heterocycles. The lowest BCUT2D eigenvalue weighted by Crippen LogP contribution is -2.40. The molecule has 0 aromatic carbocycles. The van der Waals surface area contributed by atoms with E-state index in [1.54, 1.807) is 6.33 Å². The molecule has 0 aliphatic carbocycles. The number of likely N-dealkylation sites (N-methyl/N-ethyl adjacent to an activating group) is 1. The van der Waals surface area contributed by atoms with Gasteiger partial charge in [0.15, 0.2) is 0 Å². The lowest BCUT2D eigenvalue weighted by molar-refractivity contribution is 0.328. The van der Waals surface area contributed by atoms with E-state index in [2.05, 4.69) is 55.2 Å². The van der Waals surface area contributed by atoms with Crippen LogP contribution in [-0.4, -0.2) is 52.9 Å². The molecule has 1 rings (SSSR count). The summed E-state index contributed by atoms with van der Waals surface area (Å²) in [7, 11) is 4.22. The van der Waals surface area contributed by atoms with Crippen LogP contribution in [-0.2, 0) is 13.0 Å². The van der Waals surface area contributed by atoms with Crippen LogP contribution in [0.15, 0.2) is 6.33 Å². The molecule has 0 saturated heterocycles. The smallest absolute Gasteiger partial charge is 0.138 e. The van der Waals surface area contributed by atoms with Gasteiger partial charge in [0, 0.05) is 25.6 Å². The second-order valence-corrected chi connectivity index (χ2v) is 5.87. The van der Waals surface area contributed by atoms with Crippen molar-refractivity contribution in [2.75, 3.05) is 27.2 Å². The molecule has 0 fully saturated rings. The number of nitrogens with zero attached hydrogens (tertiary/aromatic N) is 4. The maximum Gasteiger partial charge on any atom is 0.138 e. The molecule has 0 saturated carbocycles. The molecule has 0 aliphatic rings. The molecular weight excluding hydrogens is 238 g/mol. The maximum absolute atomic E-state index is 4.42. The molecule has 1 heterocycles. The Bertz CT molecular complexity index is 345. The van der Waals surface area contributed by atoms with Crippen LogP contribution in [0, 0.1) is 5.92 Å². The van der Waals surface area contributed by atoms with E-state index in [0.717, 1.165) is 38.3 Å². The Labute approximate surface area is 117 Å². The fourth-order valence-electron chi connectivity index (χ4n) is 2.16. The van der Waals surface area contributed by atoms with Gasteiger partial charge in [-0.1, -0.05) is 20.8 Å². The normalized spacial score (nSPS) is 13.4. The predicted molar refractivity (Wildman–Crippen MR) is 79.2 cm³/mol. The van der Waals surface area contributed by atoms with Crippen LogP contribution in [0.2, 0.25) is 0 Å². The molecule has 0 aliphatic heterocycles. The fraction of sp³-hybridized carbons (Fsp3) is 0.857. The summed E-state index contributed by atoms with van der Waals surface area (Å²) >= 11 is 0. The molecule has 0 spiro atoms. The molecule has 1 atom stereocenters. The van der Waals surface area contributed by atoms with Crippen LogP contribution < -0.4 is 5.32 Å². The Hall–Kier alpha value is -0.940. The molecule has 1 N–H and O–H groups in total. The first-order chi connectivity index (χ1) is 9.02. The first kappa shape index (κ1) is 16.1. The highest BCUT2D eigenvalue weighted by Crippen LogP contribution is 2.05. The number of aromatic nitrogens is 3. The second kappa shape index (κ2) is 8.27. The van der Waals surface area contributed by atoms with Crippen molar-refractivity contribution in [3.05, 3.63) is 12.2 Å². The van der Waals surface area contributed by atoms with Gasteiger partial charge in [-0.25, -0.2) is 9.67 Å². The lowest BCUT2D eigenvalue weighted by Gasteiger charge is -2.22. The molecule has 0 radical (unpaired) electrons. The van der Waals surface area contributed by atoms with Crippen LogP contribution in [0.3, 0.4) is 0 Å². The molecule has 5 heteroatoms. The third kappa shape index (κ3) is 6.16. The van der Waals surface area contributed by atoms with Crippen LogP contribution >= 0.6 is 0 Å². The minimum atomic E-state index is 0.435. The van der Waals surface area contributed by atoms with Gasteiger partial charge in [0.05, 0.1) is 0 Å². The summed E-state index contributed by atoms with van der Waals surface area (Å²) in [5.74, 6) is 1.68. The van der Waals surface area contributed by atoms with Gasteiger partial charge in [0.1, 0.15) is 12.2 Å². The van der Waals surface area contributed by atoms with E-state index < -0.39 is 0 Å². The number of rotatable bonds is 9. The zero-order chi connectivity index (χ0) is 14.3. The van der Waals surface area contributed by atoms with Gasteiger partial charge < -0.3 is 10.2 Å². The standard InChI is InChI=1S/C14H29N5/c1-6-7-15-13(10-18(4)5)8-14-16-11-17-19(14)9-12(2)3/h11-13,15H,6-10H2,1-5H3. The highest BCUT2D eigenvalue weighted by molar-refractivity contribution is 4.91. The predicted octanol–water partition coefficient (Wildman–Crippen LogP) is 1.41. The third-order valence-electron chi connectivity index (χ3n) is 2.93. The average Bonchev–Trinajstić information content (AvgIpc) is 2.72. The summed E-state index contributed by atoms with van der Waals surface area (Å²) in [5.41, 5.74) is 0.